The maximum Gasteiger partial charge on any atom is 0.246 e. The van der Waals surface area contributed by atoms with Crippen LogP contribution in [0.15, 0.2) is 53.1 Å². The van der Waals surface area contributed by atoms with Gasteiger partial charge in [0, 0.05) is 16.3 Å². The zero-order valence-corrected chi connectivity index (χ0v) is 17.5. The van der Waals surface area contributed by atoms with Crippen molar-refractivity contribution in [2.24, 2.45) is 0 Å². The Morgan fingerprint density at radius 1 is 1.17 bits per heavy atom. The van der Waals surface area contributed by atoms with Crippen molar-refractivity contribution < 1.29 is 18.5 Å². The molecule has 0 radical (unpaired) electrons. The second-order valence-corrected chi connectivity index (χ2v) is 8.01. The van der Waals surface area contributed by atoms with Gasteiger partial charge in [-0.15, -0.1) is 11.8 Å². The highest BCUT2D eigenvalue weighted by molar-refractivity contribution is 8.01. The number of halogens is 2. The molecule has 7 nitrogen and oxygen atoms in total. The van der Waals surface area contributed by atoms with Gasteiger partial charge < -0.3 is 15.2 Å². The molecule has 1 aromatic heterocycles. The van der Waals surface area contributed by atoms with Crippen LogP contribution in [0.3, 0.4) is 0 Å². The molecular weight excluding hydrogens is 431 g/mol. The first kappa shape index (κ1) is 21.8. The van der Waals surface area contributed by atoms with E-state index in [4.69, 9.17) is 16.1 Å². The summed E-state index contributed by atoms with van der Waals surface area (Å²) in [6, 6.07) is 12.4. The van der Waals surface area contributed by atoms with Crippen LogP contribution >= 0.6 is 23.4 Å². The zero-order valence-electron chi connectivity index (χ0n) is 15.9. The minimum atomic E-state index is -0.470. The van der Waals surface area contributed by atoms with E-state index in [1.54, 1.807) is 31.2 Å². The third kappa shape index (κ3) is 6.30. The maximum absolute atomic E-state index is 12.9. The molecule has 1 heterocycles. The first-order valence-electron chi connectivity index (χ1n) is 8.94. The predicted octanol–water partition coefficient (Wildman–Crippen LogP) is 3.91. The van der Waals surface area contributed by atoms with E-state index >= 15 is 0 Å². The molecule has 1 unspecified atom stereocenters. The number of rotatable bonds is 8. The van der Waals surface area contributed by atoms with Crippen molar-refractivity contribution in [2.75, 3.05) is 11.1 Å². The molecule has 0 fully saturated rings. The Labute approximate surface area is 181 Å². The first-order chi connectivity index (χ1) is 14.4. The lowest BCUT2D eigenvalue weighted by Gasteiger charge is -2.11. The van der Waals surface area contributed by atoms with Crippen LogP contribution < -0.4 is 10.6 Å². The molecule has 0 saturated heterocycles. The summed E-state index contributed by atoms with van der Waals surface area (Å²) in [7, 11) is 0. The highest BCUT2D eigenvalue weighted by Gasteiger charge is 2.17. The Hall–Kier alpha value is -2.91. The molecule has 2 N–H and O–H groups in total. The van der Waals surface area contributed by atoms with Crippen molar-refractivity contribution in [2.45, 2.75) is 18.7 Å². The molecule has 0 spiro atoms. The SMILES string of the molecule is CC(SCC(=O)Nc1ccc(F)cc1)C(=O)NCc1nc(-c2ccc(Cl)cc2)no1. The fourth-order valence-electron chi connectivity index (χ4n) is 2.36. The third-order valence-corrected chi connectivity index (χ3v) is 5.34. The van der Waals surface area contributed by atoms with Gasteiger partial charge in [0.15, 0.2) is 0 Å². The average Bonchev–Trinajstić information content (AvgIpc) is 3.21. The first-order valence-corrected chi connectivity index (χ1v) is 10.4. The summed E-state index contributed by atoms with van der Waals surface area (Å²) in [4.78, 5) is 28.4. The van der Waals surface area contributed by atoms with Crippen molar-refractivity contribution in [3.8, 4) is 11.4 Å². The van der Waals surface area contributed by atoms with Crippen LogP contribution in [0.4, 0.5) is 10.1 Å². The number of amides is 2. The van der Waals surface area contributed by atoms with Gasteiger partial charge in [-0.25, -0.2) is 4.39 Å². The van der Waals surface area contributed by atoms with Crippen molar-refractivity contribution in [3.05, 3.63) is 65.3 Å². The summed E-state index contributed by atoms with van der Waals surface area (Å²) in [5.74, 6) is -0.186. The molecule has 3 aromatic rings. The lowest BCUT2D eigenvalue weighted by molar-refractivity contribution is -0.120. The van der Waals surface area contributed by atoms with Gasteiger partial charge in [-0.05, 0) is 55.5 Å². The Morgan fingerprint density at radius 2 is 1.87 bits per heavy atom. The smallest absolute Gasteiger partial charge is 0.246 e. The summed E-state index contributed by atoms with van der Waals surface area (Å²) in [6.07, 6.45) is 0. The Morgan fingerprint density at radius 3 is 2.57 bits per heavy atom. The van der Waals surface area contributed by atoms with Crippen molar-refractivity contribution >= 4 is 40.9 Å². The van der Waals surface area contributed by atoms with Crippen LogP contribution in [-0.4, -0.2) is 33.0 Å². The molecule has 3 rings (SSSR count). The number of nitrogens with one attached hydrogen (secondary N) is 2. The summed E-state index contributed by atoms with van der Waals surface area (Å²) < 4.78 is 18.0. The number of thioether (sulfide) groups is 1. The molecule has 156 valence electrons. The van der Waals surface area contributed by atoms with Crippen molar-refractivity contribution in [1.82, 2.24) is 15.5 Å². The quantitative estimate of drug-likeness (QED) is 0.542. The van der Waals surface area contributed by atoms with Gasteiger partial charge in [0.1, 0.15) is 5.82 Å². The lowest BCUT2D eigenvalue weighted by Crippen LogP contribution is -2.31. The van der Waals surface area contributed by atoms with Gasteiger partial charge in [0.25, 0.3) is 0 Å². The van der Waals surface area contributed by atoms with E-state index in [9.17, 15) is 14.0 Å². The summed E-state index contributed by atoms with van der Waals surface area (Å²) >= 11 is 7.03. The number of hydrogen-bond acceptors (Lipinski definition) is 6. The van der Waals surface area contributed by atoms with Crippen LogP contribution in [0, 0.1) is 5.82 Å². The third-order valence-electron chi connectivity index (χ3n) is 3.95. The monoisotopic (exact) mass is 448 g/mol. The number of nitrogens with zero attached hydrogens (tertiary/aromatic N) is 2. The van der Waals surface area contributed by atoms with E-state index < -0.39 is 5.25 Å². The van der Waals surface area contributed by atoms with Crippen LogP contribution in [-0.2, 0) is 16.1 Å². The highest BCUT2D eigenvalue weighted by atomic mass is 35.5. The molecule has 2 aromatic carbocycles. The van der Waals surface area contributed by atoms with Crippen molar-refractivity contribution in [3.63, 3.8) is 0 Å². The van der Waals surface area contributed by atoms with Crippen LogP contribution in [0.5, 0.6) is 0 Å². The second kappa shape index (κ2) is 10.2. The largest absolute Gasteiger partial charge is 0.346 e. The van der Waals surface area contributed by atoms with E-state index in [2.05, 4.69) is 20.8 Å². The number of hydrogen-bond donors (Lipinski definition) is 2. The van der Waals surface area contributed by atoms with Gasteiger partial charge in [0.2, 0.25) is 23.5 Å². The molecule has 1 atom stereocenters. The number of carbonyl (C=O) groups is 2. The standard InChI is InChI=1S/C20H18ClFN4O3S/c1-12(30-11-17(27)24-16-8-6-15(22)7-9-16)20(28)23-10-18-25-19(26-29-18)13-2-4-14(21)5-3-13/h2-9,12H,10-11H2,1H3,(H,23,28)(H,24,27). The predicted molar refractivity (Wildman–Crippen MR) is 114 cm³/mol. The van der Waals surface area contributed by atoms with E-state index in [0.29, 0.717) is 16.5 Å². The number of carbonyl (C=O) groups excluding carboxylic acids is 2. The van der Waals surface area contributed by atoms with Gasteiger partial charge in [-0.3, -0.25) is 9.59 Å². The normalized spacial score (nSPS) is 11.7. The highest BCUT2D eigenvalue weighted by Crippen LogP contribution is 2.19. The molecule has 10 heteroatoms. The second-order valence-electron chi connectivity index (χ2n) is 6.24. The summed E-state index contributed by atoms with van der Waals surface area (Å²) in [6.45, 7) is 1.77. The Balaban J connectivity index is 1.42. The van der Waals surface area contributed by atoms with Gasteiger partial charge in [-0.2, -0.15) is 4.98 Å². The lowest BCUT2D eigenvalue weighted by atomic mass is 10.2. The van der Waals surface area contributed by atoms with Crippen LogP contribution in [0.1, 0.15) is 12.8 Å². The topological polar surface area (TPSA) is 97.1 Å². The molecule has 0 aliphatic rings. The molecular formula is C20H18ClFN4O3S. The van der Waals surface area contributed by atoms with E-state index in [1.165, 1.54) is 36.0 Å². The minimum Gasteiger partial charge on any atom is -0.346 e. The summed E-state index contributed by atoms with van der Waals surface area (Å²) in [5, 5.41) is 9.36. The Bertz CT molecular complexity index is 1010. The van der Waals surface area contributed by atoms with E-state index in [0.717, 1.165) is 5.56 Å². The fourth-order valence-corrected chi connectivity index (χ4v) is 3.19. The minimum absolute atomic E-state index is 0.0755. The van der Waals surface area contributed by atoms with E-state index in [-0.39, 0.29) is 35.8 Å². The van der Waals surface area contributed by atoms with Crippen LogP contribution in [0.25, 0.3) is 11.4 Å². The number of anilines is 1. The van der Waals surface area contributed by atoms with Gasteiger partial charge >= 0.3 is 0 Å². The zero-order chi connectivity index (χ0) is 21.5. The Kier molecular flexibility index (Phi) is 7.42. The molecule has 0 aliphatic heterocycles. The number of aromatic nitrogens is 2. The van der Waals surface area contributed by atoms with Gasteiger partial charge in [-0.1, -0.05) is 16.8 Å². The number of benzene rings is 2. The summed E-state index contributed by atoms with van der Waals surface area (Å²) in [5.41, 5.74) is 1.24. The van der Waals surface area contributed by atoms with Crippen molar-refractivity contribution in [1.29, 1.82) is 0 Å². The fraction of sp³-hybridized carbons (Fsp3) is 0.200. The van der Waals surface area contributed by atoms with Gasteiger partial charge in [0.05, 0.1) is 17.5 Å². The van der Waals surface area contributed by atoms with Crippen LogP contribution in [0.2, 0.25) is 5.02 Å². The maximum atomic E-state index is 12.9. The molecule has 0 saturated carbocycles. The molecule has 0 aliphatic carbocycles. The van der Waals surface area contributed by atoms with E-state index in [1.807, 2.05) is 0 Å². The molecule has 0 bridgehead atoms. The average molecular weight is 449 g/mol. The molecule has 2 amide bonds. The molecule has 30 heavy (non-hydrogen) atoms.